The van der Waals surface area contributed by atoms with Gasteiger partial charge in [0, 0.05) is 4.43 Å². The van der Waals surface area contributed by atoms with Gasteiger partial charge in [-0.3, -0.25) is 4.79 Å². The zero-order chi connectivity index (χ0) is 13.0. The van der Waals surface area contributed by atoms with Crippen LogP contribution in [-0.2, 0) is 4.79 Å². The number of hydrogen-bond donors (Lipinski definition) is 1. The van der Waals surface area contributed by atoms with E-state index in [9.17, 15) is 9.59 Å². The van der Waals surface area contributed by atoms with Gasteiger partial charge >= 0.3 is 11.9 Å². The minimum Gasteiger partial charge on any atom is -0.478 e. The lowest BCUT2D eigenvalue weighted by Gasteiger charge is -2.11. The first-order valence-corrected chi connectivity index (χ1v) is 6.59. The van der Waals surface area contributed by atoms with Crippen LogP contribution in [0.5, 0.6) is 5.75 Å². The number of halogens is 1. The summed E-state index contributed by atoms with van der Waals surface area (Å²) in [4.78, 5) is 22.2. The van der Waals surface area contributed by atoms with Gasteiger partial charge in [-0.05, 0) is 37.1 Å². The van der Waals surface area contributed by atoms with Crippen molar-refractivity contribution in [1.29, 1.82) is 0 Å². The summed E-state index contributed by atoms with van der Waals surface area (Å²) < 4.78 is 5.91. The average molecular weight is 348 g/mol. The van der Waals surface area contributed by atoms with Gasteiger partial charge in [0.1, 0.15) is 5.75 Å². The number of carboxylic acids is 1. The summed E-state index contributed by atoms with van der Waals surface area (Å²) in [7, 11) is 0. The van der Waals surface area contributed by atoms with Gasteiger partial charge in [-0.1, -0.05) is 22.6 Å². The molecule has 1 aromatic carbocycles. The molecule has 1 aromatic rings. The molecule has 1 rings (SSSR count). The van der Waals surface area contributed by atoms with E-state index in [4.69, 9.17) is 9.84 Å². The van der Waals surface area contributed by atoms with Gasteiger partial charge in [0.25, 0.3) is 0 Å². The molecule has 0 aliphatic carbocycles. The van der Waals surface area contributed by atoms with Crippen LogP contribution >= 0.6 is 22.6 Å². The van der Waals surface area contributed by atoms with Crippen molar-refractivity contribution in [2.24, 2.45) is 0 Å². The largest absolute Gasteiger partial charge is 0.478 e. The molecular weight excluding hydrogens is 335 g/mol. The molecule has 5 heteroatoms. The van der Waals surface area contributed by atoms with Crippen LogP contribution in [0.2, 0.25) is 0 Å². The summed E-state index contributed by atoms with van der Waals surface area (Å²) in [6.07, 6.45) is 0.347. The fraction of sp³-hybridized carbons (Fsp3) is 0.333. The summed E-state index contributed by atoms with van der Waals surface area (Å²) in [6.45, 7) is 3.46. The minimum absolute atomic E-state index is 0.202. The first kappa shape index (κ1) is 14.0. The van der Waals surface area contributed by atoms with E-state index in [0.717, 1.165) is 0 Å². The molecule has 0 aromatic heterocycles. The van der Waals surface area contributed by atoms with Crippen molar-refractivity contribution >= 4 is 34.5 Å². The van der Waals surface area contributed by atoms with Crippen LogP contribution in [0.4, 0.5) is 0 Å². The molecule has 0 atom stereocenters. The Balaban J connectivity index is 3.01. The highest BCUT2D eigenvalue weighted by Crippen LogP contribution is 2.25. The van der Waals surface area contributed by atoms with E-state index >= 15 is 0 Å². The molecule has 0 unspecified atom stereocenters. The fourth-order valence-corrected chi connectivity index (χ4v) is 1.92. The van der Waals surface area contributed by atoms with Crippen LogP contribution in [-0.4, -0.2) is 21.5 Å². The van der Waals surface area contributed by atoms with E-state index in [1.165, 1.54) is 12.1 Å². The minimum atomic E-state index is -0.985. The summed E-state index contributed by atoms with van der Waals surface area (Å²) >= 11 is 2.10. The molecule has 4 nitrogen and oxygen atoms in total. The molecule has 17 heavy (non-hydrogen) atoms. The van der Waals surface area contributed by atoms with E-state index in [-0.39, 0.29) is 11.5 Å². The van der Waals surface area contributed by atoms with E-state index < -0.39 is 5.97 Å². The predicted molar refractivity (Wildman–Crippen MR) is 72.0 cm³/mol. The van der Waals surface area contributed by atoms with E-state index in [1.807, 2.05) is 0 Å². The van der Waals surface area contributed by atoms with Gasteiger partial charge in [-0.25, -0.2) is 4.79 Å². The standard InChI is InChI=1S/C12H13IO4/c1-7-5-9(12(15)16)6-8(2)11(7)17-10(14)3-4-13/h5-6H,3-4H2,1-2H3,(H,15,16). The Hall–Kier alpha value is -1.11. The molecule has 0 spiro atoms. The Bertz CT molecular complexity index is 431. The fourth-order valence-electron chi connectivity index (χ4n) is 1.48. The zero-order valence-corrected chi connectivity index (χ0v) is 11.8. The second-order valence-corrected chi connectivity index (χ2v) is 4.74. The number of ether oxygens (including phenoxy) is 1. The zero-order valence-electron chi connectivity index (χ0n) is 9.62. The second-order valence-electron chi connectivity index (χ2n) is 3.66. The Kier molecular flexibility index (Phi) is 4.92. The molecule has 0 fully saturated rings. The van der Waals surface area contributed by atoms with Gasteiger partial charge in [0.05, 0.1) is 12.0 Å². The van der Waals surface area contributed by atoms with Crippen molar-refractivity contribution in [3.63, 3.8) is 0 Å². The quantitative estimate of drug-likeness (QED) is 0.393. The highest BCUT2D eigenvalue weighted by Gasteiger charge is 2.13. The number of alkyl halides is 1. The van der Waals surface area contributed by atoms with E-state index in [1.54, 1.807) is 13.8 Å². The molecule has 1 N–H and O–H groups in total. The molecule has 92 valence electrons. The molecule has 0 saturated heterocycles. The Morgan fingerprint density at radius 1 is 1.29 bits per heavy atom. The van der Waals surface area contributed by atoms with Crippen molar-refractivity contribution in [1.82, 2.24) is 0 Å². The monoisotopic (exact) mass is 348 g/mol. The van der Waals surface area contributed by atoms with Gasteiger partial charge in [0.15, 0.2) is 0 Å². The maximum absolute atomic E-state index is 11.4. The van der Waals surface area contributed by atoms with Gasteiger partial charge < -0.3 is 9.84 Å². The number of hydrogen-bond acceptors (Lipinski definition) is 3. The lowest BCUT2D eigenvalue weighted by atomic mass is 10.1. The van der Waals surface area contributed by atoms with Gasteiger partial charge in [-0.15, -0.1) is 0 Å². The lowest BCUT2D eigenvalue weighted by molar-refractivity contribution is -0.133. The molecule has 0 aliphatic rings. The number of aromatic carboxylic acids is 1. The number of benzene rings is 1. The van der Waals surface area contributed by atoms with E-state index in [2.05, 4.69) is 22.6 Å². The lowest BCUT2D eigenvalue weighted by Crippen LogP contribution is -2.10. The molecular formula is C12H13IO4. The van der Waals surface area contributed by atoms with Crippen molar-refractivity contribution < 1.29 is 19.4 Å². The van der Waals surface area contributed by atoms with Crippen LogP contribution in [0.1, 0.15) is 27.9 Å². The predicted octanol–water partition coefficient (Wildman–Crippen LogP) is 2.73. The van der Waals surface area contributed by atoms with Crippen LogP contribution in [0.15, 0.2) is 12.1 Å². The van der Waals surface area contributed by atoms with Crippen LogP contribution < -0.4 is 4.74 Å². The first-order chi connectivity index (χ1) is 7.95. The number of carboxylic acid groups (broad SMARTS) is 1. The SMILES string of the molecule is Cc1cc(C(=O)O)cc(C)c1OC(=O)CCI. The van der Waals surface area contributed by atoms with Crippen LogP contribution in [0.3, 0.4) is 0 Å². The maximum atomic E-state index is 11.4. The summed E-state index contributed by atoms with van der Waals surface area (Å²) in [5, 5.41) is 8.88. The number of carbonyl (C=O) groups excluding carboxylic acids is 1. The number of aryl methyl sites for hydroxylation is 2. The molecule has 0 radical (unpaired) electrons. The highest BCUT2D eigenvalue weighted by atomic mass is 127. The summed E-state index contributed by atoms with van der Waals surface area (Å²) in [5.41, 5.74) is 1.52. The Morgan fingerprint density at radius 3 is 2.24 bits per heavy atom. The number of esters is 1. The molecule has 0 amide bonds. The van der Waals surface area contributed by atoms with Crippen LogP contribution in [0, 0.1) is 13.8 Å². The summed E-state index contributed by atoms with van der Waals surface area (Å²) in [5.74, 6) is -0.820. The van der Waals surface area contributed by atoms with Crippen molar-refractivity contribution in [3.8, 4) is 5.75 Å². The first-order valence-electron chi connectivity index (χ1n) is 5.07. The molecule has 0 aliphatic heterocycles. The van der Waals surface area contributed by atoms with Crippen molar-refractivity contribution in [2.75, 3.05) is 4.43 Å². The smallest absolute Gasteiger partial charge is 0.335 e. The number of carbonyl (C=O) groups is 2. The normalized spacial score (nSPS) is 10.1. The summed E-state index contributed by atoms with van der Waals surface area (Å²) in [6, 6.07) is 3.00. The number of rotatable bonds is 4. The maximum Gasteiger partial charge on any atom is 0.335 e. The Morgan fingerprint density at radius 2 is 1.82 bits per heavy atom. The third-order valence-corrected chi connectivity index (χ3v) is 2.76. The van der Waals surface area contributed by atoms with Gasteiger partial charge in [0.2, 0.25) is 0 Å². The second kappa shape index (κ2) is 6.00. The molecule has 0 heterocycles. The van der Waals surface area contributed by atoms with Gasteiger partial charge in [-0.2, -0.15) is 0 Å². The highest BCUT2D eigenvalue weighted by molar-refractivity contribution is 14.1. The van der Waals surface area contributed by atoms with Crippen molar-refractivity contribution in [3.05, 3.63) is 28.8 Å². The molecule has 0 saturated carbocycles. The third kappa shape index (κ3) is 3.69. The average Bonchev–Trinajstić information content (AvgIpc) is 2.23. The van der Waals surface area contributed by atoms with Crippen molar-refractivity contribution in [2.45, 2.75) is 20.3 Å². The van der Waals surface area contributed by atoms with E-state index in [0.29, 0.717) is 27.7 Å². The molecule has 0 bridgehead atoms. The topological polar surface area (TPSA) is 63.6 Å². The Labute approximate surface area is 113 Å². The van der Waals surface area contributed by atoms with Crippen LogP contribution in [0.25, 0.3) is 0 Å². The third-order valence-electron chi connectivity index (χ3n) is 2.22.